The summed E-state index contributed by atoms with van der Waals surface area (Å²) in [5, 5.41) is 4.14. The maximum absolute atomic E-state index is 13.8. The van der Waals surface area contributed by atoms with Crippen LogP contribution >= 0.6 is 0 Å². The molecule has 1 fully saturated rings. The van der Waals surface area contributed by atoms with Gasteiger partial charge >= 0.3 is 0 Å². The van der Waals surface area contributed by atoms with Gasteiger partial charge in [0.05, 0.1) is 31.5 Å². The summed E-state index contributed by atoms with van der Waals surface area (Å²) in [6, 6.07) is 8.20. The fourth-order valence-corrected chi connectivity index (χ4v) is 4.20. The SMILES string of the molecule is COc1cnc2ccc(F)cc2c1CC[C@@H]1CC[C@@H](NC/C=C/c2cc(F)ccc2F)CO1. The fourth-order valence-electron chi connectivity index (χ4n) is 4.20. The minimum atomic E-state index is -0.460. The van der Waals surface area contributed by atoms with E-state index in [2.05, 4.69) is 10.3 Å². The molecule has 1 saturated heterocycles. The number of ether oxygens (including phenoxy) is 2. The van der Waals surface area contributed by atoms with E-state index < -0.39 is 11.6 Å². The van der Waals surface area contributed by atoms with Gasteiger partial charge in [-0.05, 0) is 62.1 Å². The molecule has 1 aliphatic rings. The van der Waals surface area contributed by atoms with Crippen LogP contribution in [0.2, 0.25) is 0 Å². The van der Waals surface area contributed by atoms with Crippen LogP contribution in [-0.2, 0) is 11.2 Å². The molecule has 1 aliphatic heterocycles. The molecule has 0 saturated carbocycles. The van der Waals surface area contributed by atoms with Gasteiger partial charge in [-0.3, -0.25) is 4.98 Å². The van der Waals surface area contributed by atoms with Gasteiger partial charge in [-0.1, -0.05) is 12.2 Å². The largest absolute Gasteiger partial charge is 0.495 e. The van der Waals surface area contributed by atoms with Crippen LogP contribution in [0.4, 0.5) is 13.2 Å². The monoisotopic (exact) mass is 456 g/mol. The number of nitrogens with one attached hydrogen (secondary N) is 1. The lowest BCUT2D eigenvalue weighted by Crippen LogP contribution is -2.40. The summed E-state index contributed by atoms with van der Waals surface area (Å²) in [6.07, 6.45) is 8.52. The number of rotatable bonds is 8. The molecule has 0 radical (unpaired) electrons. The second kappa shape index (κ2) is 10.8. The van der Waals surface area contributed by atoms with E-state index in [-0.39, 0.29) is 23.5 Å². The van der Waals surface area contributed by atoms with Gasteiger partial charge in [-0.25, -0.2) is 13.2 Å². The van der Waals surface area contributed by atoms with E-state index >= 15 is 0 Å². The number of aromatic nitrogens is 1. The van der Waals surface area contributed by atoms with Crippen molar-refractivity contribution in [2.45, 2.75) is 37.8 Å². The summed E-state index contributed by atoms with van der Waals surface area (Å²) in [6.45, 7) is 1.12. The Morgan fingerprint density at radius 3 is 2.73 bits per heavy atom. The number of aryl methyl sites for hydroxylation is 1. The second-order valence-corrected chi connectivity index (χ2v) is 8.21. The van der Waals surface area contributed by atoms with Crippen molar-refractivity contribution >= 4 is 17.0 Å². The smallest absolute Gasteiger partial charge is 0.140 e. The van der Waals surface area contributed by atoms with Crippen molar-refractivity contribution in [3.05, 3.63) is 77.2 Å². The van der Waals surface area contributed by atoms with Crippen molar-refractivity contribution < 1.29 is 22.6 Å². The lowest BCUT2D eigenvalue weighted by atomic mass is 9.97. The Morgan fingerprint density at radius 2 is 1.94 bits per heavy atom. The van der Waals surface area contributed by atoms with Crippen molar-refractivity contribution in [1.29, 1.82) is 0 Å². The number of hydrogen-bond donors (Lipinski definition) is 1. The molecule has 0 amide bonds. The molecule has 7 heteroatoms. The highest BCUT2D eigenvalue weighted by atomic mass is 19.1. The molecule has 4 nitrogen and oxygen atoms in total. The summed E-state index contributed by atoms with van der Waals surface area (Å²) < 4.78 is 52.2. The molecule has 2 heterocycles. The van der Waals surface area contributed by atoms with E-state index in [4.69, 9.17) is 9.47 Å². The molecule has 174 valence electrons. The molecule has 1 N–H and O–H groups in total. The number of fused-ring (bicyclic) bond motifs is 1. The van der Waals surface area contributed by atoms with Crippen LogP contribution in [-0.4, -0.2) is 37.4 Å². The highest BCUT2D eigenvalue weighted by Gasteiger charge is 2.22. The molecule has 1 aromatic heterocycles. The highest BCUT2D eigenvalue weighted by Crippen LogP contribution is 2.29. The van der Waals surface area contributed by atoms with Crippen molar-refractivity contribution in [2.24, 2.45) is 0 Å². The lowest BCUT2D eigenvalue weighted by molar-refractivity contribution is -0.00590. The maximum atomic E-state index is 13.8. The zero-order valence-corrected chi connectivity index (χ0v) is 18.5. The van der Waals surface area contributed by atoms with Crippen LogP contribution in [0.1, 0.15) is 30.4 Å². The first-order valence-electron chi connectivity index (χ1n) is 11.1. The van der Waals surface area contributed by atoms with Gasteiger partial charge in [0.1, 0.15) is 23.2 Å². The third-order valence-corrected chi connectivity index (χ3v) is 5.99. The fraction of sp³-hybridized carbons (Fsp3) is 0.346. The third kappa shape index (κ3) is 5.92. The molecule has 2 atom stereocenters. The zero-order chi connectivity index (χ0) is 23.2. The van der Waals surface area contributed by atoms with Gasteiger partial charge in [0.15, 0.2) is 0 Å². The van der Waals surface area contributed by atoms with Crippen molar-refractivity contribution in [3.8, 4) is 5.75 Å². The van der Waals surface area contributed by atoms with Crippen LogP contribution < -0.4 is 10.1 Å². The maximum Gasteiger partial charge on any atom is 0.140 e. The van der Waals surface area contributed by atoms with E-state index in [1.54, 1.807) is 31.5 Å². The second-order valence-electron chi connectivity index (χ2n) is 8.21. The minimum Gasteiger partial charge on any atom is -0.495 e. The summed E-state index contributed by atoms with van der Waals surface area (Å²) in [5.74, 6) is -0.545. The number of nitrogens with zero attached hydrogens (tertiary/aromatic N) is 1. The van der Waals surface area contributed by atoms with E-state index in [0.717, 1.165) is 47.9 Å². The van der Waals surface area contributed by atoms with Gasteiger partial charge in [-0.2, -0.15) is 0 Å². The number of methoxy groups -OCH3 is 1. The van der Waals surface area contributed by atoms with Gasteiger partial charge in [0.2, 0.25) is 0 Å². The Morgan fingerprint density at radius 1 is 1.12 bits per heavy atom. The number of pyridine rings is 1. The van der Waals surface area contributed by atoms with Crippen LogP contribution in [0.5, 0.6) is 5.75 Å². The Balaban J connectivity index is 1.27. The Kier molecular flexibility index (Phi) is 7.62. The van der Waals surface area contributed by atoms with Crippen LogP contribution in [0, 0.1) is 17.5 Å². The van der Waals surface area contributed by atoms with Crippen LogP contribution in [0.15, 0.2) is 48.7 Å². The highest BCUT2D eigenvalue weighted by molar-refractivity contribution is 5.84. The molecule has 0 aliphatic carbocycles. The molecule has 0 bridgehead atoms. The summed E-state index contributed by atoms with van der Waals surface area (Å²) in [4.78, 5) is 4.35. The Hall–Kier alpha value is -2.90. The molecule has 3 aromatic rings. The van der Waals surface area contributed by atoms with Gasteiger partial charge in [-0.15, -0.1) is 0 Å². The average Bonchev–Trinajstić information content (AvgIpc) is 2.83. The normalized spacial score (nSPS) is 18.8. The molecule has 0 spiro atoms. The van der Waals surface area contributed by atoms with Crippen LogP contribution in [0.3, 0.4) is 0 Å². The summed E-state index contributed by atoms with van der Waals surface area (Å²) in [5.41, 5.74) is 1.92. The predicted molar refractivity (Wildman–Crippen MR) is 123 cm³/mol. The molecule has 33 heavy (non-hydrogen) atoms. The van der Waals surface area contributed by atoms with E-state index in [9.17, 15) is 13.2 Å². The standard InChI is InChI=1S/C26H27F3N2O2/c1-32-26-15-31-25-11-5-19(28)14-23(25)22(26)9-8-21-7-6-20(16-33-21)30-12-2-3-17-13-18(27)4-10-24(17)29/h2-5,10-11,13-15,20-21,30H,6-9,12,16H2,1H3/b3-2+/t20-,21+/m1/s1. The topological polar surface area (TPSA) is 43.4 Å². The Labute approximate surface area is 191 Å². The van der Waals surface area contributed by atoms with E-state index in [1.807, 2.05) is 0 Å². The first-order valence-corrected chi connectivity index (χ1v) is 11.1. The van der Waals surface area contributed by atoms with Gasteiger partial charge < -0.3 is 14.8 Å². The minimum absolute atomic E-state index is 0.112. The van der Waals surface area contributed by atoms with Gasteiger partial charge in [0, 0.05) is 29.1 Å². The predicted octanol–water partition coefficient (Wildman–Crippen LogP) is 5.44. The Bertz CT molecular complexity index is 1130. The van der Waals surface area contributed by atoms with E-state index in [1.165, 1.54) is 18.2 Å². The third-order valence-electron chi connectivity index (χ3n) is 5.99. The first-order chi connectivity index (χ1) is 16.0. The molecular formula is C26H27F3N2O2. The lowest BCUT2D eigenvalue weighted by Gasteiger charge is -2.29. The number of hydrogen-bond acceptors (Lipinski definition) is 4. The molecule has 4 rings (SSSR count). The van der Waals surface area contributed by atoms with Crippen LogP contribution in [0.25, 0.3) is 17.0 Å². The average molecular weight is 457 g/mol. The first kappa shape index (κ1) is 23.3. The quantitative estimate of drug-likeness (QED) is 0.490. The zero-order valence-electron chi connectivity index (χ0n) is 18.5. The molecular weight excluding hydrogens is 429 g/mol. The van der Waals surface area contributed by atoms with Crippen molar-refractivity contribution in [1.82, 2.24) is 10.3 Å². The molecule has 0 unspecified atom stereocenters. The summed E-state index contributed by atoms with van der Waals surface area (Å²) >= 11 is 0. The summed E-state index contributed by atoms with van der Waals surface area (Å²) in [7, 11) is 1.59. The number of benzene rings is 2. The van der Waals surface area contributed by atoms with E-state index in [0.29, 0.717) is 25.3 Å². The number of halogens is 3. The molecule has 2 aromatic carbocycles. The van der Waals surface area contributed by atoms with Gasteiger partial charge in [0.25, 0.3) is 0 Å². The van der Waals surface area contributed by atoms with Crippen molar-refractivity contribution in [2.75, 3.05) is 20.3 Å². The van der Waals surface area contributed by atoms with Crippen molar-refractivity contribution in [3.63, 3.8) is 0 Å².